The molecule has 2 rings (SSSR count). The molecule has 0 amide bonds. The second-order valence-electron chi connectivity index (χ2n) is 6.41. The maximum atomic E-state index is 5.78. The van der Waals surface area contributed by atoms with Crippen molar-refractivity contribution in [3.05, 3.63) is 24.8 Å². The third kappa shape index (κ3) is 6.80. The van der Waals surface area contributed by atoms with E-state index in [9.17, 15) is 0 Å². The van der Waals surface area contributed by atoms with Crippen LogP contribution in [0.25, 0.3) is 0 Å². The van der Waals surface area contributed by atoms with Crippen molar-refractivity contribution in [1.29, 1.82) is 0 Å². The molecule has 120 valence electrons. The van der Waals surface area contributed by atoms with Gasteiger partial charge >= 0.3 is 0 Å². The van der Waals surface area contributed by atoms with Crippen molar-refractivity contribution in [2.24, 2.45) is 0 Å². The van der Waals surface area contributed by atoms with Crippen molar-refractivity contribution in [2.75, 3.05) is 0 Å². The second kappa shape index (κ2) is 9.42. The molecule has 0 saturated carbocycles. The highest BCUT2D eigenvalue weighted by Crippen LogP contribution is 2.38. The molecular formula is C19H32O2. The molecule has 0 aromatic heterocycles. The zero-order chi connectivity index (χ0) is 14.9. The number of hydrogen-bond donors (Lipinski definition) is 0. The van der Waals surface area contributed by atoms with Gasteiger partial charge in [-0.15, -0.1) is 6.58 Å². The van der Waals surface area contributed by atoms with Crippen LogP contribution in [0.2, 0.25) is 0 Å². The van der Waals surface area contributed by atoms with Gasteiger partial charge in [0.1, 0.15) is 0 Å². The zero-order valence-electron chi connectivity index (χ0n) is 13.6. The molecule has 2 fully saturated rings. The smallest absolute Gasteiger partial charge is 0.0877 e. The van der Waals surface area contributed by atoms with E-state index in [0.29, 0.717) is 24.4 Å². The highest BCUT2D eigenvalue weighted by molar-refractivity contribution is 4.98. The maximum Gasteiger partial charge on any atom is 0.0877 e. The fourth-order valence-corrected chi connectivity index (χ4v) is 3.02. The van der Waals surface area contributed by atoms with E-state index in [0.717, 1.165) is 19.3 Å². The quantitative estimate of drug-likeness (QED) is 0.265. The van der Waals surface area contributed by atoms with E-state index in [1.54, 1.807) is 0 Å². The summed E-state index contributed by atoms with van der Waals surface area (Å²) in [5.41, 5.74) is 0. The minimum Gasteiger partial charge on any atom is -0.369 e. The standard InChI is InChI=1S/C19H32O2/c1-3-5-7-8-9-10-12-14-17-19(21-17)15-18-16(20-18)13-11-6-4-2/h3,6,11,16-19H,1,4-5,7-10,12-15H2,2H3. The lowest BCUT2D eigenvalue weighted by atomic mass is 10.0. The first-order valence-electron chi connectivity index (χ1n) is 8.92. The van der Waals surface area contributed by atoms with Crippen molar-refractivity contribution in [3.8, 4) is 0 Å². The van der Waals surface area contributed by atoms with Crippen molar-refractivity contribution < 1.29 is 9.47 Å². The summed E-state index contributed by atoms with van der Waals surface area (Å²) in [6, 6.07) is 0. The van der Waals surface area contributed by atoms with E-state index >= 15 is 0 Å². The normalized spacial score (nSPS) is 30.7. The van der Waals surface area contributed by atoms with E-state index in [1.807, 2.05) is 6.08 Å². The molecule has 2 nitrogen and oxygen atoms in total. The molecular weight excluding hydrogens is 260 g/mol. The van der Waals surface area contributed by atoms with E-state index in [-0.39, 0.29) is 0 Å². The Bertz CT molecular complexity index is 324. The van der Waals surface area contributed by atoms with Crippen molar-refractivity contribution in [1.82, 2.24) is 0 Å². The first-order valence-corrected chi connectivity index (χ1v) is 8.92. The molecule has 0 aromatic carbocycles. The topological polar surface area (TPSA) is 25.1 Å². The molecule has 0 radical (unpaired) electrons. The van der Waals surface area contributed by atoms with Crippen LogP contribution < -0.4 is 0 Å². The van der Waals surface area contributed by atoms with E-state index in [4.69, 9.17) is 9.47 Å². The first-order chi connectivity index (χ1) is 10.3. The van der Waals surface area contributed by atoms with Crippen molar-refractivity contribution in [2.45, 2.75) is 95.5 Å². The number of hydrogen-bond acceptors (Lipinski definition) is 2. The SMILES string of the molecule is C=CCCCCCCCC1OC1CC1OC1CC=CCC. The predicted molar refractivity (Wildman–Crippen MR) is 88.5 cm³/mol. The van der Waals surface area contributed by atoms with Gasteiger partial charge in [0.25, 0.3) is 0 Å². The molecule has 21 heavy (non-hydrogen) atoms. The van der Waals surface area contributed by atoms with Gasteiger partial charge in [-0.25, -0.2) is 0 Å². The Morgan fingerprint density at radius 1 is 0.857 bits per heavy atom. The van der Waals surface area contributed by atoms with E-state index < -0.39 is 0 Å². The summed E-state index contributed by atoms with van der Waals surface area (Å²) in [6.45, 7) is 5.93. The fourth-order valence-electron chi connectivity index (χ4n) is 3.02. The van der Waals surface area contributed by atoms with Crippen LogP contribution in [-0.2, 0) is 9.47 Å². The summed E-state index contributed by atoms with van der Waals surface area (Å²) in [6.07, 6.45) is 20.9. The van der Waals surface area contributed by atoms with E-state index in [2.05, 4.69) is 25.7 Å². The number of unbranched alkanes of at least 4 members (excludes halogenated alkanes) is 5. The number of allylic oxidation sites excluding steroid dienone is 2. The third-order valence-electron chi connectivity index (χ3n) is 4.51. The monoisotopic (exact) mass is 292 g/mol. The summed E-state index contributed by atoms with van der Waals surface area (Å²) >= 11 is 0. The summed E-state index contributed by atoms with van der Waals surface area (Å²) in [5, 5.41) is 0. The fraction of sp³-hybridized carbons (Fsp3) is 0.789. The Morgan fingerprint density at radius 2 is 1.57 bits per heavy atom. The highest BCUT2D eigenvalue weighted by Gasteiger charge is 2.47. The predicted octanol–water partition coefficient (Wildman–Crippen LogP) is 5.18. The van der Waals surface area contributed by atoms with Crippen molar-refractivity contribution >= 4 is 0 Å². The summed E-state index contributed by atoms with van der Waals surface area (Å²) in [7, 11) is 0. The van der Waals surface area contributed by atoms with Crippen LogP contribution in [-0.4, -0.2) is 24.4 Å². The van der Waals surface area contributed by atoms with Crippen LogP contribution in [0.5, 0.6) is 0 Å². The minimum absolute atomic E-state index is 0.473. The Kier molecular flexibility index (Phi) is 7.52. The lowest BCUT2D eigenvalue weighted by Crippen LogP contribution is -2.01. The second-order valence-corrected chi connectivity index (χ2v) is 6.41. The zero-order valence-corrected chi connectivity index (χ0v) is 13.6. The molecule has 2 heterocycles. The van der Waals surface area contributed by atoms with Gasteiger partial charge in [0.05, 0.1) is 24.4 Å². The van der Waals surface area contributed by atoms with Gasteiger partial charge in [-0.1, -0.05) is 50.8 Å². The minimum atomic E-state index is 0.473. The molecule has 4 unspecified atom stereocenters. The van der Waals surface area contributed by atoms with Gasteiger partial charge in [-0.2, -0.15) is 0 Å². The molecule has 2 heteroatoms. The summed E-state index contributed by atoms with van der Waals surface area (Å²) in [4.78, 5) is 0. The Hall–Kier alpha value is -0.600. The van der Waals surface area contributed by atoms with Gasteiger partial charge in [-0.05, 0) is 32.1 Å². The maximum absolute atomic E-state index is 5.78. The number of rotatable bonds is 13. The molecule has 0 bridgehead atoms. The van der Waals surface area contributed by atoms with Crippen LogP contribution in [0.15, 0.2) is 24.8 Å². The Labute approximate surface area is 130 Å². The number of epoxide rings is 2. The summed E-state index contributed by atoms with van der Waals surface area (Å²) in [5.74, 6) is 0. The van der Waals surface area contributed by atoms with Gasteiger partial charge in [0, 0.05) is 6.42 Å². The van der Waals surface area contributed by atoms with Gasteiger partial charge in [0.15, 0.2) is 0 Å². The van der Waals surface area contributed by atoms with Crippen LogP contribution >= 0.6 is 0 Å². The van der Waals surface area contributed by atoms with Crippen LogP contribution in [0.1, 0.15) is 71.1 Å². The van der Waals surface area contributed by atoms with E-state index in [1.165, 1.54) is 44.9 Å². The molecule has 4 atom stereocenters. The Balaban J connectivity index is 1.39. The molecule has 0 aliphatic carbocycles. The number of ether oxygens (including phenoxy) is 2. The molecule has 2 saturated heterocycles. The molecule has 0 N–H and O–H groups in total. The lowest BCUT2D eigenvalue weighted by Gasteiger charge is -1.98. The molecule has 0 spiro atoms. The van der Waals surface area contributed by atoms with Gasteiger partial charge < -0.3 is 9.47 Å². The summed E-state index contributed by atoms with van der Waals surface area (Å²) < 4.78 is 11.5. The van der Waals surface area contributed by atoms with Gasteiger partial charge in [-0.3, -0.25) is 0 Å². The first kappa shape index (κ1) is 16.8. The largest absolute Gasteiger partial charge is 0.369 e. The van der Waals surface area contributed by atoms with Gasteiger partial charge in [0.2, 0.25) is 0 Å². The van der Waals surface area contributed by atoms with Crippen LogP contribution in [0.4, 0.5) is 0 Å². The molecule has 0 aromatic rings. The van der Waals surface area contributed by atoms with Crippen LogP contribution in [0, 0.1) is 0 Å². The molecule has 2 aliphatic heterocycles. The van der Waals surface area contributed by atoms with Crippen LogP contribution in [0.3, 0.4) is 0 Å². The lowest BCUT2D eigenvalue weighted by molar-refractivity contribution is 0.320. The molecule has 2 aliphatic rings. The van der Waals surface area contributed by atoms with Crippen molar-refractivity contribution in [3.63, 3.8) is 0 Å². The average Bonchev–Trinajstić information content (AvgIpc) is 3.39. The average molecular weight is 292 g/mol. The third-order valence-corrected chi connectivity index (χ3v) is 4.51. The Morgan fingerprint density at radius 3 is 2.38 bits per heavy atom. The highest BCUT2D eigenvalue weighted by atomic mass is 16.6.